The number of rotatable bonds is 6. The number of benzene rings is 3. The first kappa shape index (κ1) is 32.2. The molecule has 1 aliphatic rings. The Bertz CT molecular complexity index is 1490. The van der Waals surface area contributed by atoms with E-state index < -0.39 is 13.5 Å². The molecule has 0 bridgehead atoms. The largest absolute Gasteiger partial charge is 0.517 e. The van der Waals surface area contributed by atoms with E-state index in [4.69, 9.17) is 24.1 Å². The van der Waals surface area contributed by atoms with Crippen LogP contribution in [-0.2, 0) is 18.9 Å². The average Bonchev–Trinajstić information content (AvgIpc) is 3.43. The quantitative estimate of drug-likeness (QED) is 0.147. The van der Waals surface area contributed by atoms with E-state index in [2.05, 4.69) is 102 Å². The molecule has 0 amide bonds. The smallest absolute Gasteiger partial charge is 0.0344 e. The van der Waals surface area contributed by atoms with Gasteiger partial charge in [-0.15, -0.1) is 16.8 Å². The van der Waals surface area contributed by atoms with Gasteiger partial charge in [0.2, 0.25) is 0 Å². The number of anilines is 1. The monoisotopic (exact) mass is 696 g/mol. The molecule has 222 valence electrons. The van der Waals surface area contributed by atoms with Gasteiger partial charge in [-0.25, -0.2) is 6.54 Å². The van der Waals surface area contributed by atoms with E-state index in [1.807, 2.05) is 54.1 Å². The van der Waals surface area contributed by atoms with E-state index in [9.17, 15) is 0 Å². The Morgan fingerprint density at radius 1 is 0.951 bits per heavy atom. The van der Waals surface area contributed by atoms with Crippen molar-refractivity contribution >= 4 is 51.1 Å². The van der Waals surface area contributed by atoms with Crippen LogP contribution in [0, 0.1) is 13.5 Å². The summed E-state index contributed by atoms with van der Waals surface area (Å²) < 4.78 is 8.90. The van der Waals surface area contributed by atoms with E-state index in [1.54, 1.807) is 0 Å². The number of aryl methyl sites for hydroxylation is 1. The second-order valence-electron chi connectivity index (χ2n) is 12.2. The number of ether oxygens (including phenoxy) is 1. The van der Waals surface area contributed by atoms with Gasteiger partial charge in [-0.2, -0.15) is 0 Å². The molecule has 0 N–H and O–H groups in total. The molecule has 0 spiro atoms. The van der Waals surface area contributed by atoms with Crippen LogP contribution in [0.2, 0.25) is 0 Å². The molecule has 0 aliphatic carbocycles. The Labute approximate surface area is 264 Å². The van der Waals surface area contributed by atoms with Crippen molar-refractivity contribution < 1.29 is 18.3 Å². The van der Waals surface area contributed by atoms with Gasteiger partial charge in [0, 0.05) is 15.9 Å². The SMILES string of the molecule is CC(C)Oc1ccccc1[CH]=[Ru]([Cl])[Cl].Cc1cccc(C(C)C)c1N1[CH-]C(C)(c2cc3ccccc3s2)CC1(C)C. The molecule has 0 saturated carbocycles. The fraction of sp³-hybridized carbons (Fsp3) is 0.371. The molecule has 4 aromatic rings. The molecule has 0 radical (unpaired) electrons. The molecular formula is C35H42Cl2NORuS-. The minimum Gasteiger partial charge on any atom is -0.517 e. The van der Waals surface area contributed by atoms with Crippen molar-refractivity contribution in [3.05, 3.63) is 101 Å². The van der Waals surface area contributed by atoms with Crippen molar-refractivity contribution in [1.82, 2.24) is 0 Å². The Morgan fingerprint density at radius 3 is 2.29 bits per heavy atom. The van der Waals surface area contributed by atoms with Gasteiger partial charge in [-0.05, 0) is 66.6 Å². The van der Waals surface area contributed by atoms with Crippen LogP contribution in [0.4, 0.5) is 5.69 Å². The zero-order valence-electron chi connectivity index (χ0n) is 25.3. The fourth-order valence-corrected chi connectivity index (χ4v) is 8.74. The molecular weight excluding hydrogens is 654 g/mol. The second-order valence-corrected chi connectivity index (χ2v) is 19.0. The zero-order valence-corrected chi connectivity index (χ0v) is 29.4. The number of para-hydroxylation sites is 2. The zero-order chi connectivity index (χ0) is 29.9. The first-order valence-corrected chi connectivity index (χ1v) is 20.4. The molecule has 1 aliphatic heterocycles. The van der Waals surface area contributed by atoms with E-state index in [0.717, 1.165) is 17.7 Å². The van der Waals surface area contributed by atoms with Gasteiger partial charge in [-0.1, -0.05) is 57.2 Å². The van der Waals surface area contributed by atoms with Crippen LogP contribution >= 0.6 is 30.7 Å². The third-order valence-corrected chi connectivity index (χ3v) is 10.7. The predicted molar refractivity (Wildman–Crippen MR) is 179 cm³/mol. The summed E-state index contributed by atoms with van der Waals surface area (Å²) in [6.45, 7) is 20.5. The third kappa shape index (κ3) is 7.63. The van der Waals surface area contributed by atoms with E-state index >= 15 is 0 Å². The van der Waals surface area contributed by atoms with Crippen LogP contribution in [0.15, 0.2) is 72.8 Å². The summed E-state index contributed by atoms with van der Waals surface area (Å²) in [5, 5.41) is 1.36. The standard InChI is InChI=1S/C25H30NS.C10H12O.2ClH.Ru/c1-17(2)20-12-9-10-18(3)23(20)26-16-25(6,15-24(26,4)5)22-14-19-11-7-8-13-21(19)27-22;1-8(2)11-10-7-5-4-6-9(10)3;;;/h7-14,16-17H,15H2,1-6H3;3-8H,1-2H3;2*1H;/q-1;;;;+2/p-2. The topological polar surface area (TPSA) is 12.5 Å². The predicted octanol–water partition coefficient (Wildman–Crippen LogP) is 11.0. The molecule has 1 atom stereocenters. The summed E-state index contributed by atoms with van der Waals surface area (Å²) in [7, 11) is 11.6. The maximum atomic E-state index is 5.82. The van der Waals surface area contributed by atoms with Crippen molar-refractivity contribution in [2.24, 2.45) is 0 Å². The Hall–Kier alpha value is -1.71. The molecule has 1 saturated heterocycles. The van der Waals surface area contributed by atoms with Crippen LogP contribution in [0.5, 0.6) is 5.75 Å². The van der Waals surface area contributed by atoms with Crippen molar-refractivity contribution in [2.75, 3.05) is 4.90 Å². The van der Waals surface area contributed by atoms with Gasteiger partial charge in [0.25, 0.3) is 0 Å². The number of fused-ring (bicyclic) bond motifs is 1. The van der Waals surface area contributed by atoms with Crippen LogP contribution < -0.4 is 9.64 Å². The number of thiophene rings is 1. The van der Waals surface area contributed by atoms with Gasteiger partial charge in [0.1, 0.15) is 0 Å². The van der Waals surface area contributed by atoms with Crippen molar-refractivity contribution in [3.63, 3.8) is 0 Å². The normalized spacial score (nSPS) is 18.4. The van der Waals surface area contributed by atoms with Crippen LogP contribution in [0.25, 0.3) is 10.1 Å². The Morgan fingerprint density at radius 2 is 1.63 bits per heavy atom. The van der Waals surface area contributed by atoms with Gasteiger partial charge in [-0.3, -0.25) is 0 Å². The maximum absolute atomic E-state index is 5.82. The molecule has 1 unspecified atom stereocenters. The van der Waals surface area contributed by atoms with Gasteiger partial charge >= 0.3 is 97.8 Å². The number of halogens is 2. The Kier molecular flexibility index (Phi) is 10.4. The molecule has 2 heterocycles. The van der Waals surface area contributed by atoms with Gasteiger partial charge in [0.15, 0.2) is 0 Å². The van der Waals surface area contributed by atoms with Crippen LogP contribution in [0.3, 0.4) is 0 Å². The molecule has 41 heavy (non-hydrogen) atoms. The molecule has 2 nitrogen and oxygen atoms in total. The van der Waals surface area contributed by atoms with Crippen molar-refractivity contribution in [3.8, 4) is 5.75 Å². The van der Waals surface area contributed by atoms with E-state index in [0.29, 0.717) is 5.92 Å². The summed E-state index contributed by atoms with van der Waals surface area (Å²) in [6, 6.07) is 25.7. The second kappa shape index (κ2) is 13.3. The molecule has 3 aromatic carbocycles. The summed E-state index contributed by atoms with van der Waals surface area (Å²) in [4.78, 5) is 4.04. The molecule has 5 rings (SSSR count). The first-order chi connectivity index (χ1) is 19.3. The molecule has 1 fully saturated rings. The first-order valence-electron chi connectivity index (χ1n) is 14.1. The summed E-state index contributed by atoms with van der Waals surface area (Å²) in [6.07, 6.45) is 1.29. The van der Waals surface area contributed by atoms with E-state index in [1.165, 1.54) is 31.8 Å². The summed E-state index contributed by atoms with van der Waals surface area (Å²) in [5.41, 5.74) is 5.35. The van der Waals surface area contributed by atoms with Crippen molar-refractivity contribution in [1.29, 1.82) is 0 Å². The minimum absolute atomic E-state index is 0.0592. The number of hydrogen-bond acceptors (Lipinski definition) is 3. The third-order valence-electron chi connectivity index (χ3n) is 7.46. The molecule has 1 aromatic heterocycles. The maximum Gasteiger partial charge on any atom is 0.0344 e. The summed E-state index contributed by atoms with van der Waals surface area (Å²) >= 11 is 0.178. The van der Waals surface area contributed by atoms with Gasteiger partial charge < -0.3 is 4.90 Å². The average molecular weight is 697 g/mol. The van der Waals surface area contributed by atoms with Crippen LogP contribution in [-0.4, -0.2) is 16.3 Å². The fourth-order valence-electron chi connectivity index (χ4n) is 5.76. The Balaban J connectivity index is 0.000000234. The molecule has 6 heteroatoms. The van der Waals surface area contributed by atoms with E-state index in [-0.39, 0.29) is 17.1 Å². The van der Waals surface area contributed by atoms with Crippen LogP contribution in [0.1, 0.15) is 82.4 Å². The van der Waals surface area contributed by atoms with Gasteiger partial charge in [0.05, 0.1) is 0 Å². The summed E-state index contributed by atoms with van der Waals surface area (Å²) in [5.74, 6) is 1.36. The van der Waals surface area contributed by atoms with Crippen molar-refractivity contribution in [2.45, 2.75) is 84.8 Å². The number of hydrogen-bond donors (Lipinski definition) is 0. The minimum atomic E-state index is -1.77. The number of nitrogens with zero attached hydrogens (tertiary/aromatic N) is 1.